The van der Waals surface area contributed by atoms with Crippen molar-refractivity contribution in [3.8, 4) is 0 Å². The molecule has 7 nitrogen and oxygen atoms in total. The van der Waals surface area contributed by atoms with Crippen LogP contribution in [0.3, 0.4) is 0 Å². The van der Waals surface area contributed by atoms with Gasteiger partial charge in [-0.3, -0.25) is 4.79 Å². The minimum Gasteiger partial charge on any atom is -0.477 e. The van der Waals surface area contributed by atoms with Gasteiger partial charge >= 0.3 is 5.97 Å². The molecule has 7 heteroatoms. The molecule has 0 aromatic carbocycles. The Bertz CT molecular complexity index is 807. The number of hydrogen-bond donors (Lipinski definition) is 1. The quantitative estimate of drug-likeness (QED) is 0.878. The summed E-state index contributed by atoms with van der Waals surface area (Å²) in [5.74, 6) is -1.22. The Morgan fingerprint density at radius 3 is 2.59 bits per heavy atom. The van der Waals surface area contributed by atoms with Gasteiger partial charge < -0.3 is 14.9 Å². The smallest absolute Gasteiger partial charge is 0.341 e. The summed E-state index contributed by atoms with van der Waals surface area (Å²) in [7, 11) is 0. The zero-order chi connectivity index (χ0) is 15.9. The highest BCUT2D eigenvalue weighted by Gasteiger charge is 2.23. The van der Waals surface area contributed by atoms with E-state index < -0.39 is 11.4 Å². The highest BCUT2D eigenvalue weighted by molar-refractivity contribution is 5.93. The van der Waals surface area contributed by atoms with Gasteiger partial charge in [-0.05, 0) is 26.0 Å². The minimum atomic E-state index is -1.22. The van der Waals surface area contributed by atoms with Crippen molar-refractivity contribution in [2.75, 3.05) is 31.3 Å². The molecule has 3 rings (SSSR count). The van der Waals surface area contributed by atoms with Gasteiger partial charge in [-0.25, -0.2) is 14.5 Å². The molecule has 1 fully saturated rings. The van der Waals surface area contributed by atoms with E-state index in [4.69, 9.17) is 4.74 Å². The van der Waals surface area contributed by atoms with Crippen LogP contribution in [0.2, 0.25) is 0 Å². The molecule has 0 atom stereocenters. The van der Waals surface area contributed by atoms with Crippen molar-refractivity contribution < 1.29 is 14.6 Å². The third-order valence-electron chi connectivity index (χ3n) is 3.85. The van der Waals surface area contributed by atoms with Crippen LogP contribution in [0.1, 0.15) is 21.7 Å². The first-order chi connectivity index (χ1) is 10.5. The summed E-state index contributed by atoms with van der Waals surface area (Å²) < 4.78 is 7.09. The fourth-order valence-corrected chi connectivity index (χ4v) is 2.80. The number of aromatic nitrogens is 2. The lowest BCUT2D eigenvalue weighted by atomic mass is 10.1. The van der Waals surface area contributed by atoms with Gasteiger partial charge in [0.2, 0.25) is 5.43 Å². The molecule has 1 aliphatic heterocycles. The lowest BCUT2D eigenvalue weighted by Gasteiger charge is -2.33. The summed E-state index contributed by atoms with van der Waals surface area (Å²) in [6.07, 6.45) is 0. The minimum absolute atomic E-state index is 0.204. The van der Waals surface area contributed by atoms with Gasteiger partial charge in [0.1, 0.15) is 5.56 Å². The van der Waals surface area contributed by atoms with Crippen LogP contribution in [-0.2, 0) is 4.74 Å². The van der Waals surface area contributed by atoms with Crippen LogP contribution in [0.5, 0.6) is 0 Å². The summed E-state index contributed by atoms with van der Waals surface area (Å²) in [6.45, 7) is 5.83. The van der Waals surface area contributed by atoms with Gasteiger partial charge in [-0.1, -0.05) is 0 Å². The Labute approximate surface area is 126 Å². The van der Waals surface area contributed by atoms with Crippen molar-refractivity contribution in [3.05, 3.63) is 39.3 Å². The van der Waals surface area contributed by atoms with Gasteiger partial charge in [-0.2, -0.15) is 0 Å². The van der Waals surface area contributed by atoms with Gasteiger partial charge in [0.25, 0.3) is 0 Å². The maximum Gasteiger partial charge on any atom is 0.341 e. The van der Waals surface area contributed by atoms with E-state index in [9.17, 15) is 14.7 Å². The Morgan fingerprint density at radius 1 is 1.27 bits per heavy atom. The molecule has 0 aliphatic carbocycles. The predicted octanol–water partition coefficient (Wildman–Crippen LogP) is 0.680. The van der Waals surface area contributed by atoms with Crippen LogP contribution >= 0.6 is 0 Å². The summed E-state index contributed by atoms with van der Waals surface area (Å²) in [5, 5.41) is 11.7. The van der Waals surface area contributed by atoms with E-state index in [0.29, 0.717) is 43.0 Å². The van der Waals surface area contributed by atoms with Crippen molar-refractivity contribution >= 4 is 17.0 Å². The van der Waals surface area contributed by atoms with E-state index in [1.54, 1.807) is 23.7 Å². The van der Waals surface area contributed by atoms with E-state index in [0.717, 1.165) is 5.69 Å². The summed E-state index contributed by atoms with van der Waals surface area (Å²) in [4.78, 5) is 28.4. The van der Waals surface area contributed by atoms with Crippen LogP contribution in [0.25, 0.3) is 11.0 Å². The fraction of sp³-hybridized carbons (Fsp3) is 0.400. The molecule has 0 radical (unpaired) electrons. The Hall–Kier alpha value is -2.41. The molecular weight excluding hydrogens is 286 g/mol. The lowest BCUT2D eigenvalue weighted by molar-refractivity contribution is 0.0693. The summed E-state index contributed by atoms with van der Waals surface area (Å²) >= 11 is 0. The number of morpholine rings is 1. The number of nitrogens with zero attached hydrogens (tertiary/aromatic N) is 3. The normalized spacial score (nSPS) is 15.3. The second-order valence-electron chi connectivity index (χ2n) is 5.30. The molecule has 2 aromatic heterocycles. The van der Waals surface area contributed by atoms with E-state index in [-0.39, 0.29) is 5.56 Å². The Kier molecular flexibility index (Phi) is 3.58. The monoisotopic (exact) mass is 303 g/mol. The third-order valence-corrected chi connectivity index (χ3v) is 3.85. The standard InChI is InChI=1S/C15H17N3O4/c1-9-3-4-11-13(19)12(15(20)21)10(2)18(14(11)16-9)17-5-7-22-8-6-17/h3-4H,5-8H2,1-2H3,(H,20,21). The fourth-order valence-electron chi connectivity index (χ4n) is 2.80. The van der Waals surface area contributed by atoms with Gasteiger partial charge in [0, 0.05) is 5.69 Å². The molecule has 1 aliphatic rings. The number of fused-ring (bicyclic) bond motifs is 1. The average molecular weight is 303 g/mol. The van der Waals surface area contributed by atoms with Gasteiger partial charge in [0.05, 0.1) is 37.4 Å². The third kappa shape index (κ3) is 2.23. The first-order valence-electron chi connectivity index (χ1n) is 7.10. The molecule has 0 bridgehead atoms. The number of aromatic carboxylic acids is 1. The summed E-state index contributed by atoms with van der Waals surface area (Å²) in [6, 6.07) is 3.36. The van der Waals surface area contributed by atoms with Crippen molar-refractivity contribution in [1.82, 2.24) is 9.66 Å². The molecule has 0 spiro atoms. The van der Waals surface area contributed by atoms with Gasteiger partial charge in [-0.15, -0.1) is 0 Å². The van der Waals surface area contributed by atoms with Crippen molar-refractivity contribution in [1.29, 1.82) is 0 Å². The van der Waals surface area contributed by atoms with Crippen molar-refractivity contribution in [2.45, 2.75) is 13.8 Å². The molecule has 1 N–H and O–H groups in total. The highest BCUT2D eigenvalue weighted by Crippen LogP contribution is 2.16. The number of pyridine rings is 2. The van der Waals surface area contributed by atoms with E-state index >= 15 is 0 Å². The number of aryl methyl sites for hydroxylation is 1. The summed E-state index contributed by atoms with van der Waals surface area (Å²) in [5.41, 5.74) is 0.970. The number of carboxylic acids is 1. The average Bonchev–Trinajstić information content (AvgIpc) is 2.47. The molecule has 0 unspecified atom stereocenters. The van der Waals surface area contributed by atoms with Crippen molar-refractivity contribution in [3.63, 3.8) is 0 Å². The van der Waals surface area contributed by atoms with Gasteiger partial charge in [0.15, 0.2) is 5.65 Å². The number of hydrogen-bond acceptors (Lipinski definition) is 5. The largest absolute Gasteiger partial charge is 0.477 e. The zero-order valence-corrected chi connectivity index (χ0v) is 12.5. The van der Waals surface area contributed by atoms with E-state index in [2.05, 4.69) is 4.98 Å². The first-order valence-corrected chi connectivity index (χ1v) is 7.10. The molecule has 22 heavy (non-hydrogen) atoms. The zero-order valence-electron chi connectivity index (χ0n) is 12.5. The first kappa shape index (κ1) is 14.5. The van der Waals surface area contributed by atoms with Crippen LogP contribution in [-0.4, -0.2) is 47.0 Å². The molecule has 3 heterocycles. The lowest BCUT2D eigenvalue weighted by Crippen LogP contribution is -2.46. The molecular formula is C15H17N3O4. The molecule has 1 saturated heterocycles. The molecule has 116 valence electrons. The Balaban J connectivity index is 2.38. The predicted molar refractivity (Wildman–Crippen MR) is 81.2 cm³/mol. The Morgan fingerprint density at radius 2 is 1.95 bits per heavy atom. The number of carboxylic acid groups (broad SMARTS) is 1. The topological polar surface area (TPSA) is 84.7 Å². The van der Waals surface area contributed by atoms with Crippen LogP contribution in [0.4, 0.5) is 0 Å². The maximum absolute atomic E-state index is 12.5. The highest BCUT2D eigenvalue weighted by atomic mass is 16.5. The van der Waals surface area contributed by atoms with Crippen molar-refractivity contribution in [2.24, 2.45) is 0 Å². The van der Waals surface area contributed by atoms with Crippen LogP contribution in [0, 0.1) is 13.8 Å². The molecule has 2 aromatic rings. The molecule has 0 saturated carbocycles. The number of ether oxygens (including phenoxy) is 1. The van der Waals surface area contributed by atoms with Crippen LogP contribution < -0.4 is 10.4 Å². The number of carbonyl (C=O) groups is 1. The molecule has 0 amide bonds. The second kappa shape index (κ2) is 5.42. The number of rotatable bonds is 2. The second-order valence-corrected chi connectivity index (χ2v) is 5.30. The van der Waals surface area contributed by atoms with Crippen LogP contribution in [0.15, 0.2) is 16.9 Å². The van der Waals surface area contributed by atoms with E-state index in [1.807, 2.05) is 11.9 Å². The SMILES string of the molecule is Cc1ccc2c(=O)c(C(=O)O)c(C)n(N3CCOCC3)c2n1. The van der Waals surface area contributed by atoms with E-state index in [1.165, 1.54) is 0 Å². The maximum atomic E-state index is 12.5.